The van der Waals surface area contributed by atoms with Gasteiger partial charge >= 0.3 is 0 Å². The first-order valence-electron chi connectivity index (χ1n) is 6.85. The molecule has 0 radical (unpaired) electrons. The van der Waals surface area contributed by atoms with Gasteiger partial charge in [0, 0.05) is 4.91 Å². The van der Waals surface area contributed by atoms with Gasteiger partial charge in [-0.05, 0) is 48.6 Å². The second-order valence-electron chi connectivity index (χ2n) is 5.84. The van der Waals surface area contributed by atoms with Crippen molar-refractivity contribution in [2.24, 2.45) is 23.7 Å². The average molecular weight is 272 g/mol. The highest BCUT2D eigenvalue weighted by atomic mass is 32.2. The first kappa shape index (κ1) is 11.5. The maximum atomic E-state index is 12.6. The molecule has 3 aliphatic rings. The highest BCUT2D eigenvalue weighted by Crippen LogP contribution is 2.55. The maximum absolute atomic E-state index is 12.6. The number of fused-ring (bicyclic) bond motifs is 5. The molecule has 2 bridgehead atoms. The first-order chi connectivity index (χ1) is 9.16. The average Bonchev–Trinajstić information content (AvgIpc) is 3.12. The third kappa shape index (κ3) is 1.57. The van der Waals surface area contributed by atoms with E-state index in [1.54, 1.807) is 24.3 Å². The summed E-state index contributed by atoms with van der Waals surface area (Å²) in [5, 5.41) is 0. The highest BCUT2D eigenvalue weighted by Gasteiger charge is 2.48. The van der Waals surface area contributed by atoms with Crippen LogP contribution in [0, 0.1) is 23.7 Å². The molecular weight excluding hydrogens is 256 g/mol. The number of allylic oxidation sites excluding steroid dienone is 4. The summed E-state index contributed by atoms with van der Waals surface area (Å²) in [7, 11) is -3.27. The molecule has 1 fully saturated rings. The van der Waals surface area contributed by atoms with Crippen LogP contribution in [0.15, 0.2) is 58.4 Å². The van der Waals surface area contributed by atoms with Crippen LogP contribution in [0.2, 0.25) is 0 Å². The van der Waals surface area contributed by atoms with E-state index >= 15 is 0 Å². The molecule has 0 aliphatic heterocycles. The minimum atomic E-state index is -3.27. The Morgan fingerprint density at radius 3 is 2.47 bits per heavy atom. The molecule has 0 aromatic heterocycles. The lowest BCUT2D eigenvalue weighted by Gasteiger charge is -2.19. The lowest BCUT2D eigenvalue weighted by molar-refractivity contribution is 0.396. The minimum absolute atomic E-state index is 0.432. The summed E-state index contributed by atoms with van der Waals surface area (Å²) in [6.07, 6.45) is 8.57. The minimum Gasteiger partial charge on any atom is -0.219 e. The second-order valence-corrected chi connectivity index (χ2v) is 7.85. The predicted octanol–water partition coefficient (Wildman–Crippen LogP) is 3.19. The molecule has 98 valence electrons. The molecule has 1 aromatic rings. The molecule has 3 heteroatoms. The molecule has 4 unspecified atom stereocenters. The monoisotopic (exact) mass is 272 g/mol. The fraction of sp³-hybridized carbons (Fsp3) is 0.375. The highest BCUT2D eigenvalue weighted by molar-refractivity contribution is 7.95. The molecule has 1 saturated carbocycles. The summed E-state index contributed by atoms with van der Waals surface area (Å²) in [6, 6.07) is 8.80. The topological polar surface area (TPSA) is 34.1 Å². The summed E-state index contributed by atoms with van der Waals surface area (Å²) >= 11 is 0. The molecule has 0 spiro atoms. The summed E-state index contributed by atoms with van der Waals surface area (Å²) in [6.45, 7) is 0. The maximum Gasteiger partial charge on any atom is 0.202 e. The van der Waals surface area contributed by atoms with Crippen molar-refractivity contribution >= 4 is 9.84 Å². The van der Waals surface area contributed by atoms with Crippen LogP contribution in [0.1, 0.15) is 12.8 Å². The van der Waals surface area contributed by atoms with Crippen molar-refractivity contribution in [1.29, 1.82) is 0 Å². The van der Waals surface area contributed by atoms with Crippen molar-refractivity contribution in [1.82, 2.24) is 0 Å². The van der Waals surface area contributed by atoms with E-state index in [0.29, 0.717) is 33.5 Å². The zero-order valence-corrected chi connectivity index (χ0v) is 11.4. The van der Waals surface area contributed by atoms with Gasteiger partial charge in [0.2, 0.25) is 9.84 Å². The van der Waals surface area contributed by atoms with Crippen LogP contribution in [0.4, 0.5) is 0 Å². The van der Waals surface area contributed by atoms with Crippen molar-refractivity contribution in [2.45, 2.75) is 17.7 Å². The summed E-state index contributed by atoms with van der Waals surface area (Å²) in [5.41, 5.74) is 0. The Labute approximate surface area is 113 Å². The Morgan fingerprint density at radius 2 is 1.74 bits per heavy atom. The second kappa shape index (κ2) is 3.83. The van der Waals surface area contributed by atoms with Gasteiger partial charge in [-0.25, -0.2) is 8.42 Å². The molecule has 3 aliphatic carbocycles. The molecular formula is C16H16O2S. The number of hydrogen-bond acceptors (Lipinski definition) is 2. The third-order valence-corrected chi connectivity index (χ3v) is 6.79. The van der Waals surface area contributed by atoms with Crippen LogP contribution in [0.25, 0.3) is 0 Å². The van der Waals surface area contributed by atoms with Crippen LogP contribution in [0.5, 0.6) is 0 Å². The molecule has 2 nitrogen and oxygen atoms in total. The summed E-state index contributed by atoms with van der Waals surface area (Å²) < 4.78 is 25.2. The molecule has 4 atom stereocenters. The van der Waals surface area contributed by atoms with E-state index in [-0.39, 0.29) is 0 Å². The van der Waals surface area contributed by atoms with Gasteiger partial charge in [0.05, 0.1) is 4.90 Å². The Kier molecular flexibility index (Phi) is 2.31. The largest absolute Gasteiger partial charge is 0.219 e. The Bertz CT molecular complexity index is 670. The van der Waals surface area contributed by atoms with Crippen LogP contribution < -0.4 is 0 Å². The van der Waals surface area contributed by atoms with Crippen LogP contribution >= 0.6 is 0 Å². The smallest absolute Gasteiger partial charge is 0.202 e. The number of sulfone groups is 1. The molecule has 0 amide bonds. The van der Waals surface area contributed by atoms with E-state index in [2.05, 4.69) is 12.2 Å². The van der Waals surface area contributed by atoms with Crippen molar-refractivity contribution in [3.05, 3.63) is 53.5 Å². The van der Waals surface area contributed by atoms with Crippen molar-refractivity contribution in [2.75, 3.05) is 0 Å². The fourth-order valence-corrected chi connectivity index (χ4v) is 5.53. The SMILES string of the molecule is O=S(=O)(C1=CC2C3C=CC(C3)C2C1)c1ccccc1. The lowest BCUT2D eigenvalue weighted by atomic mass is 9.86. The van der Waals surface area contributed by atoms with Gasteiger partial charge in [0.15, 0.2) is 0 Å². The lowest BCUT2D eigenvalue weighted by Crippen LogP contribution is -2.13. The van der Waals surface area contributed by atoms with E-state index in [1.807, 2.05) is 12.1 Å². The zero-order chi connectivity index (χ0) is 13.0. The first-order valence-corrected chi connectivity index (χ1v) is 8.34. The zero-order valence-electron chi connectivity index (χ0n) is 10.6. The van der Waals surface area contributed by atoms with Gasteiger partial charge in [-0.2, -0.15) is 0 Å². The standard InChI is InChI=1S/C16H16O2S/c17-19(18,13-4-2-1-3-5-13)14-9-15-11-6-7-12(8-11)16(15)10-14/h1-7,9,11-12,15-16H,8,10H2. The third-order valence-electron chi connectivity index (χ3n) is 4.90. The van der Waals surface area contributed by atoms with Crippen LogP contribution in [-0.4, -0.2) is 8.42 Å². The quantitative estimate of drug-likeness (QED) is 0.775. The molecule has 0 saturated heterocycles. The Hall–Kier alpha value is -1.35. The van der Waals surface area contributed by atoms with Gasteiger partial charge in [0.25, 0.3) is 0 Å². The van der Waals surface area contributed by atoms with E-state index in [4.69, 9.17) is 0 Å². The number of rotatable bonds is 2. The summed E-state index contributed by atoms with van der Waals surface area (Å²) in [5.74, 6) is 2.18. The van der Waals surface area contributed by atoms with E-state index < -0.39 is 9.84 Å². The normalized spacial score (nSPS) is 35.5. The van der Waals surface area contributed by atoms with E-state index in [9.17, 15) is 8.42 Å². The van der Waals surface area contributed by atoms with Crippen LogP contribution in [0.3, 0.4) is 0 Å². The van der Waals surface area contributed by atoms with E-state index in [0.717, 1.165) is 6.42 Å². The van der Waals surface area contributed by atoms with Crippen LogP contribution in [-0.2, 0) is 9.84 Å². The molecule has 0 heterocycles. The van der Waals surface area contributed by atoms with Gasteiger partial charge in [-0.15, -0.1) is 0 Å². The van der Waals surface area contributed by atoms with Crippen molar-refractivity contribution < 1.29 is 8.42 Å². The molecule has 0 N–H and O–H groups in total. The van der Waals surface area contributed by atoms with Gasteiger partial charge in [-0.3, -0.25) is 0 Å². The van der Waals surface area contributed by atoms with E-state index in [1.165, 1.54) is 6.42 Å². The van der Waals surface area contributed by atoms with Crippen molar-refractivity contribution in [3.8, 4) is 0 Å². The molecule has 4 rings (SSSR count). The molecule has 1 aromatic carbocycles. The van der Waals surface area contributed by atoms with Crippen molar-refractivity contribution in [3.63, 3.8) is 0 Å². The molecule has 19 heavy (non-hydrogen) atoms. The Balaban J connectivity index is 1.71. The van der Waals surface area contributed by atoms with Gasteiger partial charge < -0.3 is 0 Å². The Morgan fingerprint density at radius 1 is 1.00 bits per heavy atom. The van der Waals surface area contributed by atoms with Gasteiger partial charge in [0.1, 0.15) is 0 Å². The number of benzene rings is 1. The van der Waals surface area contributed by atoms with Gasteiger partial charge in [-0.1, -0.05) is 36.4 Å². The fourth-order valence-electron chi connectivity index (χ4n) is 3.96. The number of hydrogen-bond donors (Lipinski definition) is 0. The summed E-state index contributed by atoms with van der Waals surface area (Å²) in [4.78, 5) is 1.08. The predicted molar refractivity (Wildman–Crippen MR) is 74.0 cm³/mol.